The Kier molecular flexibility index (Phi) is 1.71. The molecule has 1 aromatic rings. The summed E-state index contributed by atoms with van der Waals surface area (Å²) in [6.07, 6.45) is 2.16. The molecule has 1 aliphatic rings. The third-order valence-corrected chi connectivity index (χ3v) is 2.03. The van der Waals surface area contributed by atoms with Crippen molar-refractivity contribution in [3.05, 3.63) is 54.2 Å². The first-order valence-corrected chi connectivity index (χ1v) is 4.06. The van der Waals surface area contributed by atoms with Gasteiger partial charge in [-0.1, -0.05) is 43.0 Å². The average molecular weight is 157 g/mol. The second kappa shape index (κ2) is 2.86. The van der Waals surface area contributed by atoms with Crippen LogP contribution in [0.1, 0.15) is 5.56 Å². The van der Waals surface area contributed by atoms with Crippen LogP contribution in [0.2, 0.25) is 0 Å². The van der Waals surface area contributed by atoms with E-state index in [0.29, 0.717) is 0 Å². The SMILES string of the molecule is C=C1NCC=C1c1ccccc1. The predicted molar refractivity (Wildman–Crippen MR) is 51.6 cm³/mol. The fourth-order valence-corrected chi connectivity index (χ4v) is 1.40. The zero-order valence-corrected chi connectivity index (χ0v) is 6.88. The van der Waals surface area contributed by atoms with Gasteiger partial charge in [0.1, 0.15) is 0 Å². The van der Waals surface area contributed by atoms with Crippen molar-refractivity contribution < 1.29 is 0 Å². The first-order chi connectivity index (χ1) is 5.88. The molecule has 0 aromatic heterocycles. The zero-order valence-electron chi connectivity index (χ0n) is 6.88. The smallest absolute Gasteiger partial charge is 0.0346 e. The van der Waals surface area contributed by atoms with E-state index in [0.717, 1.165) is 12.2 Å². The van der Waals surface area contributed by atoms with Crippen LogP contribution in [0.25, 0.3) is 5.57 Å². The van der Waals surface area contributed by atoms with Gasteiger partial charge in [-0.05, 0) is 5.56 Å². The first kappa shape index (κ1) is 7.17. The Bertz CT molecular complexity index is 322. The van der Waals surface area contributed by atoms with Crippen LogP contribution in [0.15, 0.2) is 48.7 Å². The van der Waals surface area contributed by atoms with Crippen molar-refractivity contribution in [2.45, 2.75) is 0 Å². The molecule has 1 aromatic carbocycles. The van der Waals surface area contributed by atoms with Crippen LogP contribution >= 0.6 is 0 Å². The van der Waals surface area contributed by atoms with E-state index < -0.39 is 0 Å². The summed E-state index contributed by atoms with van der Waals surface area (Å²) in [5.74, 6) is 0. The van der Waals surface area contributed by atoms with Crippen molar-refractivity contribution in [1.82, 2.24) is 5.32 Å². The van der Waals surface area contributed by atoms with E-state index in [-0.39, 0.29) is 0 Å². The van der Waals surface area contributed by atoms with E-state index >= 15 is 0 Å². The van der Waals surface area contributed by atoms with E-state index in [9.17, 15) is 0 Å². The molecule has 0 saturated carbocycles. The van der Waals surface area contributed by atoms with Crippen molar-refractivity contribution in [1.29, 1.82) is 0 Å². The lowest BCUT2D eigenvalue weighted by atomic mass is 10.1. The minimum absolute atomic E-state index is 0.906. The van der Waals surface area contributed by atoms with Crippen molar-refractivity contribution in [2.75, 3.05) is 6.54 Å². The number of rotatable bonds is 1. The second-order valence-electron chi connectivity index (χ2n) is 2.84. The molecule has 2 rings (SSSR count). The van der Waals surface area contributed by atoms with Crippen LogP contribution in [0.5, 0.6) is 0 Å². The number of hydrogen-bond acceptors (Lipinski definition) is 1. The molecule has 0 unspecified atom stereocenters. The molecule has 0 atom stereocenters. The van der Waals surface area contributed by atoms with Crippen LogP contribution in [0.4, 0.5) is 0 Å². The van der Waals surface area contributed by atoms with E-state index in [1.807, 2.05) is 18.2 Å². The van der Waals surface area contributed by atoms with Gasteiger partial charge in [0.2, 0.25) is 0 Å². The van der Waals surface area contributed by atoms with Gasteiger partial charge < -0.3 is 5.32 Å². The van der Waals surface area contributed by atoms with Gasteiger partial charge in [0.25, 0.3) is 0 Å². The molecule has 0 amide bonds. The van der Waals surface area contributed by atoms with Crippen LogP contribution in [0, 0.1) is 0 Å². The molecular formula is C11H11N. The Morgan fingerprint density at radius 3 is 2.50 bits per heavy atom. The number of benzene rings is 1. The molecule has 1 heteroatoms. The predicted octanol–water partition coefficient (Wildman–Crippen LogP) is 2.19. The highest BCUT2D eigenvalue weighted by atomic mass is 14.9. The summed E-state index contributed by atoms with van der Waals surface area (Å²) in [4.78, 5) is 0. The van der Waals surface area contributed by atoms with E-state index in [4.69, 9.17) is 0 Å². The number of nitrogens with one attached hydrogen (secondary N) is 1. The molecule has 0 spiro atoms. The molecule has 0 aliphatic carbocycles. The third kappa shape index (κ3) is 1.14. The minimum Gasteiger partial charge on any atom is -0.382 e. The molecule has 1 N–H and O–H groups in total. The molecule has 1 nitrogen and oxygen atoms in total. The van der Waals surface area contributed by atoms with Crippen molar-refractivity contribution >= 4 is 5.57 Å². The van der Waals surface area contributed by atoms with Gasteiger partial charge in [-0.15, -0.1) is 0 Å². The quantitative estimate of drug-likeness (QED) is 0.659. The molecule has 0 saturated heterocycles. The van der Waals surface area contributed by atoms with Gasteiger partial charge in [0.05, 0.1) is 0 Å². The summed E-state index contributed by atoms with van der Waals surface area (Å²) in [6.45, 7) is 4.84. The molecule has 60 valence electrons. The standard InChI is InChI=1S/C11H11N/c1-9-11(7-8-12-9)10-5-3-2-4-6-10/h2-7,12H,1,8H2. The fraction of sp³-hybridized carbons (Fsp3) is 0.0909. The minimum atomic E-state index is 0.906. The normalized spacial score (nSPS) is 15.7. The van der Waals surface area contributed by atoms with Crippen molar-refractivity contribution in [3.8, 4) is 0 Å². The molecule has 1 aliphatic heterocycles. The summed E-state index contributed by atoms with van der Waals surface area (Å²) in [5.41, 5.74) is 3.50. The van der Waals surface area contributed by atoms with E-state index in [1.54, 1.807) is 0 Å². The topological polar surface area (TPSA) is 12.0 Å². The van der Waals surface area contributed by atoms with Gasteiger partial charge >= 0.3 is 0 Å². The molecular weight excluding hydrogens is 146 g/mol. The molecule has 1 heterocycles. The van der Waals surface area contributed by atoms with Gasteiger partial charge in [0, 0.05) is 17.8 Å². The first-order valence-electron chi connectivity index (χ1n) is 4.06. The third-order valence-electron chi connectivity index (χ3n) is 2.03. The number of allylic oxidation sites excluding steroid dienone is 1. The van der Waals surface area contributed by atoms with Gasteiger partial charge in [0.15, 0.2) is 0 Å². The lowest BCUT2D eigenvalue weighted by Crippen LogP contribution is -2.04. The molecule has 0 radical (unpaired) electrons. The highest BCUT2D eigenvalue weighted by Gasteiger charge is 2.08. The maximum absolute atomic E-state index is 3.93. The van der Waals surface area contributed by atoms with Crippen molar-refractivity contribution in [3.63, 3.8) is 0 Å². The van der Waals surface area contributed by atoms with Crippen LogP contribution in [-0.4, -0.2) is 6.54 Å². The molecule has 0 fully saturated rings. The van der Waals surface area contributed by atoms with Gasteiger partial charge in [-0.2, -0.15) is 0 Å². The average Bonchev–Trinajstić information content (AvgIpc) is 2.53. The summed E-state index contributed by atoms with van der Waals surface area (Å²) >= 11 is 0. The Morgan fingerprint density at radius 1 is 1.17 bits per heavy atom. The van der Waals surface area contributed by atoms with Crippen molar-refractivity contribution in [2.24, 2.45) is 0 Å². The number of hydrogen-bond donors (Lipinski definition) is 1. The highest BCUT2D eigenvalue weighted by molar-refractivity contribution is 5.79. The lowest BCUT2D eigenvalue weighted by Gasteiger charge is -2.03. The summed E-state index contributed by atoms with van der Waals surface area (Å²) < 4.78 is 0. The maximum Gasteiger partial charge on any atom is 0.0346 e. The summed E-state index contributed by atoms with van der Waals surface area (Å²) in [5, 5.41) is 3.18. The fourth-order valence-electron chi connectivity index (χ4n) is 1.40. The summed E-state index contributed by atoms with van der Waals surface area (Å²) in [6, 6.07) is 10.3. The largest absolute Gasteiger partial charge is 0.382 e. The Labute approximate surface area is 72.4 Å². The lowest BCUT2D eigenvalue weighted by molar-refractivity contribution is 0.989. The Morgan fingerprint density at radius 2 is 1.92 bits per heavy atom. The Balaban J connectivity index is 2.38. The molecule has 12 heavy (non-hydrogen) atoms. The van der Waals surface area contributed by atoms with Gasteiger partial charge in [-0.25, -0.2) is 0 Å². The van der Waals surface area contributed by atoms with Crippen LogP contribution in [0.3, 0.4) is 0 Å². The van der Waals surface area contributed by atoms with E-state index in [1.165, 1.54) is 11.1 Å². The summed E-state index contributed by atoms with van der Waals surface area (Å²) in [7, 11) is 0. The Hall–Kier alpha value is -1.50. The van der Waals surface area contributed by atoms with Crippen LogP contribution in [-0.2, 0) is 0 Å². The molecule has 0 bridgehead atoms. The highest BCUT2D eigenvalue weighted by Crippen LogP contribution is 2.22. The van der Waals surface area contributed by atoms with Crippen LogP contribution < -0.4 is 5.32 Å². The van der Waals surface area contributed by atoms with Gasteiger partial charge in [-0.3, -0.25) is 0 Å². The maximum atomic E-state index is 3.93. The van der Waals surface area contributed by atoms with E-state index in [2.05, 4.69) is 30.1 Å². The second-order valence-corrected chi connectivity index (χ2v) is 2.84. The monoisotopic (exact) mass is 157 g/mol. The zero-order chi connectivity index (χ0) is 8.39.